The van der Waals surface area contributed by atoms with Crippen LogP contribution in [-0.2, 0) is 11.3 Å². The Labute approximate surface area is 119 Å². The number of nitrogens with zero attached hydrogens (tertiary/aromatic N) is 3. The van der Waals surface area contributed by atoms with Gasteiger partial charge in [-0.15, -0.1) is 0 Å². The van der Waals surface area contributed by atoms with Crippen molar-refractivity contribution in [3.8, 4) is 0 Å². The Morgan fingerprint density at radius 3 is 2.58 bits per heavy atom. The molecule has 6 heteroatoms. The zero-order valence-corrected chi connectivity index (χ0v) is 12.4. The van der Waals surface area contributed by atoms with Crippen LogP contribution in [0.15, 0.2) is 12.1 Å². The Balaban J connectivity index is 2.62. The molecule has 0 aliphatic rings. The van der Waals surface area contributed by atoms with Gasteiger partial charge in [0, 0.05) is 19.6 Å². The molecule has 0 radical (unpaired) electrons. The molecule has 0 unspecified atom stereocenters. The zero-order valence-electron chi connectivity index (χ0n) is 11.7. The number of hydrogen-bond acceptors (Lipinski definition) is 4. The lowest BCUT2D eigenvalue weighted by atomic mass is 10.3. The quantitative estimate of drug-likeness (QED) is 0.862. The minimum absolute atomic E-state index is 0.104. The van der Waals surface area contributed by atoms with E-state index in [0.717, 1.165) is 13.1 Å². The summed E-state index contributed by atoms with van der Waals surface area (Å²) in [5.74, 6) is 0.537. The first-order valence-corrected chi connectivity index (χ1v) is 6.72. The molecule has 0 atom stereocenters. The van der Waals surface area contributed by atoms with Gasteiger partial charge in [0.2, 0.25) is 5.91 Å². The molecule has 5 nitrogen and oxygen atoms in total. The molecule has 0 saturated heterocycles. The van der Waals surface area contributed by atoms with E-state index in [1.165, 1.54) is 0 Å². The van der Waals surface area contributed by atoms with Gasteiger partial charge in [0.15, 0.2) is 0 Å². The van der Waals surface area contributed by atoms with E-state index in [0.29, 0.717) is 29.6 Å². The van der Waals surface area contributed by atoms with E-state index in [2.05, 4.69) is 4.98 Å². The molecule has 0 bridgehead atoms. The van der Waals surface area contributed by atoms with E-state index in [1.807, 2.05) is 25.8 Å². The molecule has 0 aliphatic heterocycles. The number of carbonyl (C=O) groups is 1. The largest absolute Gasteiger partial charge is 0.384 e. The van der Waals surface area contributed by atoms with Crippen LogP contribution in [-0.4, -0.2) is 47.4 Å². The molecule has 0 spiro atoms. The Morgan fingerprint density at radius 1 is 1.37 bits per heavy atom. The van der Waals surface area contributed by atoms with Gasteiger partial charge in [-0.1, -0.05) is 11.6 Å². The predicted octanol–water partition coefficient (Wildman–Crippen LogP) is 1.62. The summed E-state index contributed by atoms with van der Waals surface area (Å²) in [5, 5.41) is 0.566. The fraction of sp³-hybridized carbons (Fsp3) is 0.538. The van der Waals surface area contributed by atoms with Gasteiger partial charge in [-0.25, -0.2) is 4.98 Å². The number of halogens is 1. The van der Waals surface area contributed by atoms with E-state index in [9.17, 15) is 4.79 Å². The molecule has 1 heterocycles. The maximum Gasteiger partial charge on any atom is 0.236 e. The molecular weight excluding hydrogens is 264 g/mol. The van der Waals surface area contributed by atoms with Gasteiger partial charge in [-0.2, -0.15) is 0 Å². The van der Waals surface area contributed by atoms with Crippen molar-refractivity contribution in [2.24, 2.45) is 0 Å². The van der Waals surface area contributed by atoms with Crippen molar-refractivity contribution in [3.63, 3.8) is 0 Å². The molecule has 1 aromatic rings. The Hall–Kier alpha value is -1.33. The molecule has 2 N–H and O–H groups in total. The number of likely N-dealkylation sites (N-methyl/N-ethyl adjacent to an activating group) is 2. The summed E-state index contributed by atoms with van der Waals surface area (Å²) in [6, 6.07) is 3.38. The number of anilines is 1. The third-order valence-electron chi connectivity index (χ3n) is 2.88. The lowest BCUT2D eigenvalue weighted by Crippen LogP contribution is -2.38. The van der Waals surface area contributed by atoms with Crippen LogP contribution in [0.2, 0.25) is 5.02 Å². The van der Waals surface area contributed by atoms with Gasteiger partial charge in [0.05, 0.1) is 17.3 Å². The topological polar surface area (TPSA) is 62.5 Å². The monoisotopic (exact) mass is 284 g/mol. The van der Waals surface area contributed by atoms with Crippen molar-refractivity contribution in [3.05, 3.63) is 22.8 Å². The summed E-state index contributed by atoms with van der Waals surface area (Å²) in [6.45, 7) is 6.22. The molecule has 0 aliphatic carbocycles. The highest BCUT2D eigenvalue weighted by atomic mass is 35.5. The van der Waals surface area contributed by atoms with Gasteiger partial charge in [0.25, 0.3) is 0 Å². The second-order valence-electron chi connectivity index (χ2n) is 4.40. The van der Waals surface area contributed by atoms with Crippen LogP contribution in [0, 0.1) is 0 Å². The molecule has 0 saturated carbocycles. The third-order valence-corrected chi connectivity index (χ3v) is 3.23. The van der Waals surface area contributed by atoms with Gasteiger partial charge in [-0.05, 0) is 33.0 Å². The van der Waals surface area contributed by atoms with Gasteiger partial charge >= 0.3 is 0 Å². The van der Waals surface area contributed by atoms with E-state index in [4.69, 9.17) is 17.3 Å². The van der Waals surface area contributed by atoms with Crippen molar-refractivity contribution < 1.29 is 4.79 Å². The van der Waals surface area contributed by atoms with E-state index in [1.54, 1.807) is 17.0 Å². The van der Waals surface area contributed by atoms with Crippen molar-refractivity contribution in [2.45, 2.75) is 20.4 Å². The number of pyridine rings is 1. The molecular formula is C13H21ClN4O. The average molecular weight is 285 g/mol. The van der Waals surface area contributed by atoms with Gasteiger partial charge < -0.3 is 10.6 Å². The summed E-state index contributed by atoms with van der Waals surface area (Å²) in [5.41, 5.74) is 6.32. The third kappa shape index (κ3) is 4.69. The van der Waals surface area contributed by atoms with Crippen molar-refractivity contribution in [2.75, 3.05) is 32.4 Å². The number of hydrogen-bond donors (Lipinski definition) is 1. The first-order valence-electron chi connectivity index (χ1n) is 6.35. The van der Waals surface area contributed by atoms with Crippen LogP contribution in [0.1, 0.15) is 19.5 Å². The molecule has 1 amide bonds. The summed E-state index contributed by atoms with van der Waals surface area (Å²) >= 11 is 6.05. The Kier molecular flexibility index (Phi) is 6.05. The number of nitrogen functional groups attached to an aromatic ring is 1. The highest BCUT2D eigenvalue weighted by Crippen LogP contribution is 2.16. The molecule has 0 fully saturated rings. The number of nitrogens with two attached hydrogens (primary N) is 1. The number of carbonyl (C=O) groups excluding carboxylic acids is 1. The normalized spacial score (nSPS) is 10.8. The van der Waals surface area contributed by atoms with Crippen LogP contribution < -0.4 is 5.73 Å². The first kappa shape index (κ1) is 15.7. The predicted molar refractivity (Wildman–Crippen MR) is 77.9 cm³/mol. The Bertz CT molecular complexity index is 435. The number of rotatable bonds is 6. The molecule has 1 aromatic heterocycles. The van der Waals surface area contributed by atoms with E-state index >= 15 is 0 Å². The first-order chi connectivity index (χ1) is 8.97. The van der Waals surface area contributed by atoms with Crippen molar-refractivity contribution >= 4 is 23.3 Å². The zero-order chi connectivity index (χ0) is 14.4. The maximum absolute atomic E-state index is 12.0. The lowest BCUT2D eigenvalue weighted by molar-refractivity contribution is -0.131. The fourth-order valence-electron chi connectivity index (χ4n) is 1.83. The SMILES string of the molecule is CCN(CC)C(=O)CN(C)Cc1nc(N)ccc1Cl. The second kappa shape index (κ2) is 7.31. The standard InChI is InChI=1S/C13H21ClN4O/c1-4-18(5-2)13(19)9-17(3)8-11-10(14)6-7-12(15)16-11/h6-7H,4-5,8-9H2,1-3H3,(H2,15,16). The van der Waals surface area contributed by atoms with Gasteiger partial charge in [-0.3, -0.25) is 9.69 Å². The summed E-state index contributed by atoms with van der Waals surface area (Å²) in [7, 11) is 1.86. The molecule has 19 heavy (non-hydrogen) atoms. The van der Waals surface area contributed by atoms with Gasteiger partial charge in [0.1, 0.15) is 5.82 Å². The van der Waals surface area contributed by atoms with Crippen LogP contribution >= 0.6 is 11.6 Å². The van der Waals surface area contributed by atoms with Crippen LogP contribution in [0.5, 0.6) is 0 Å². The van der Waals surface area contributed by atoms with Crippen molar-refractivity contribution in [1.82, 2.24) is 14.8 Å². The van der Waals surface area contributed by atoms with Crippen molar-refractivity contribution in [1.29, 1.82) is 0 Å². The minimum atomic E-state index is 0.104. The minimum Gasteiger partial charge on any atom is -0.384 e. The van der Waals surface area contributed by atoms with Crippen LogP contribution in [0.4, 0.5) is 5.82 Å². The molecule has 1 rings (SSSR count). The fourth-order valence-corrected chi connectivity index (χ4v) is 2.00. The Morgan fingerprint density at radius 2 is 2.00 bits per heavy atom. The second-order valence-corrected chi connectivity index (χ2v) is 4.81. The number of amides is 1. The highest BCUT2D eigenvalue weighted by molar-refractivity contribution is 6.31. The lowest BCUT2D eigenvalue weighted by Gasteiger charge is -2.23. The molecule has 106 valence electrons. The summed E-state index contributed by atoms with van der Waals surface area (Å²) in [4.78, 5) is 19.8. The highest BCUT2D eigenvalue weighted by Gasteiger charge is 2.14. The van der Waals surface area contributed by atoms with Crippen LogP contribution in [0.25, 0.3) is 0 Å². The summed E-state index contributed by atoms with van der Waals surface area (Å²) < 4.78 is 0. The summed E-state index contributed by atoms with van der Waals surface area (Å²) in [6.07, 6.45) is 0. The van der Waals surface area contributed by atoms with Crippen LogP contribution in [0.3, 0.4) is 0 Å². The van der Waals surface area contributed by atoms with E-state index in [-0.39, 0.29) is 5.91 Å². The number of aromatic nitrogens is 1. The average Bonchev–Trinajstić information content (AvgIpc) is 2.35. The maximum atomic E-state index is 12.0. The molecule has 0 aromatic carbocycles. The smallest absolute Gasteiger partial charge is 0.236 e. The van der Waals surface area contributed by atoms with E-state index < -0.39 is 0 Å².